The number of fused-ring (bicyclic) bond motifs is 1. The molecule has 2 heterocycles. The molecule has 170 valence electrons. The molecule has 2 aromatic carbocycles. The van der Waals surface area contributed by atoms with Crippen molar-refractivity contribution in [2.24, 2.45) is 11.7 Å². The Kier molecular flexibility index (Phi) is 5.70. The van der Waals surface area contributed by atoms with E-state index in [-0.39, 0.29) is 5.91 Å². The highest BCUT2D eigenvalue weighted by atomic mass is 16.5. The number of amides is 2. The predicted octanol–water partition coefficient (Wildman–Crippen LogP) is 4.21. The summed E-state index contributed by atoms with van der Waals surface area (Å²) in [6.45, 7) is 7.81. The van der Waals surface area contributed by atoms with Crippen molar-refractivity contribution in [3.8, 4) is 5.75 Å². The zero-order chi connectivity index (χ0) is 23.8. The number of primary amides is 1. The Morgan fingerprint density at radius 1 is 1.00 bits per heavy atom. The molecule has 0 saturated heterocycles. The van der Waals surface area contributed by atoms with E-state index in [0.29, 0.717) is 6.61 Å². The summed E-state index contributed by atoms with van der Waals surface area (Å²) in [6.07, 6.45) is 3.47. The van der Waals surface area contributed by atoms with E-state index in [4.69, 9.17) is 10.5 Å². The van der Waals surface area contributed by atoms with Gasteiger partial charge in [-0.2, -0.15) is 0 Å². The van der Waals surface area contributed by atoms with Crippen LogP contribution in [0.15, 0.2) is 73.1 Å². The molecule has 3 aromatic rings. The van der Waals surface area contributed by atoms with Gasteiger partial charge in [0.15, 0.2) is 0 Å². The van der Waals surface area contributed by atoms with E-state index in [0.717, 1.165) is 28.1 Å². The molecule has 0 aliphatic carbocycles. The second-order valence-corrected chi connectivity index (χ2v) is 9.23. The normalized spacial score (nSPS) is 21.2. The van der Waals surface area contributed by atoms with Gasteiger partial charge in [-0.1, -0.05) is 37.3 Å². The molecule has 2 N–H and O–H groups in total. The summed E-state index contributed by atoms with van der Waals surface area (Å²) in [5.41, 5.74) is 8.12. The van der Waals surface area contributed by atoms with Crippen LogP contribution in [0, 0.1) is 5.92 Å². The number of anilines is 1. The maximum Gasteiger partial charge on any atom is 0.224 e. The summed E-state index contributed by atoms with van der Waals surface area (Å²) in [7, 11) is 0. The van der Waals surface area contributed by atoms with E-state index in [2.05, 4.69) is 4.98 Å². The quantitative estimate of drug-likeness (QED) is 0.640. The zero-order valence-electron chi connectivity index (χ0n) is 19.4. The van der Waals surface area contributed by atoms with Gasteiger partial charge < -0.3 is 15.4 Å². The molecule has 0 fully saturated rings. The summed E-state index contributed by atoms with van der Waals surface area (Å²) >= 11 is 0. The molecule has 1 aromatic heterocycles. The smallest absolute Gasteiger partial charge is 0.224 e. The Bertz CT molecular complexity index is 1170. The Hall–Kier alpha value is -3.67. The molecule has 1 aliphatic heterocycles. The number of nitrogens with two attached hydrogens (primary N) is 1. The molecule has 0 bridgehead atoms. The first kappa shape index (κ1) is 22.5. The van der Waals surface area contributed by atoms with Crippen molar-refractivity contribution in [2.45, 2.75) is 45.3 Å². The molecule has 6 nitrogen and oxygen atoms in total. The summed E-state index contributed by atoms with van der Waals surface area (Å²) in [4.78, 5) is 31.3. The Morgan fingerprint density at radius 3 is 2.24 bits per heavy atom. The van der Waals surface area contributed by atoms with Crippen LogP contribution in [-0.4, -0.2) is 22.3 Å². The lowest BCUT2D eigenvalue weighted by molar-refractivity contribution is -0.127. The first-order valence-electron chi connectivity index (χ1n) is 11.0. The standard InChI is InChI=1S/C27H29N3O3/c1-18(31)30-23-8-6-5-7-22(23)27(4,24(25(28)32)26(30,2)3)20-9-11-21(12-10-20)33-17-19-13-15-29-16-14-19/h5-16,24H,17H2,1-4H3,(H2,28,32). The van der Waals surface area contributed by atoms with Crippen LogP contribution in [0.5, 0.6) is 5.75 Å². The molecular formula is C27H29N3O3. The maximum atomic E-state index is 12.9. The molecule has 0 saturated carbocycles. The van der Waals surface area contributed by atoms with Crippen LogP contribution in [0.25, 0.3) is 0 Å². The van der Waals surface area contributed by atoms with E-state index in [1.54, 1.807) is 17.3 Å². The third-order valence-electron chi connectivity index (χ3n) is 6.77. The Balaban J connectivity index is 1.78. The van der Waals surface area contributed by atoms with Gasteiger partial charge in [-0.15, -0.1) is 0 Å². The van der Waals surface area contributed by atoms with E-state index in [9.17, 15) is 9.59 Å². The van der Waals surface area contributed by atoms with Crippen molar-refractivity contribution in [3.63, 3.8) is 0 Å². The van der Waals surface area contributed by atoms with Crippen LogP contribution in [0.1, 0.15) is 44.4 Å². The number of hydrogen-bond donors (Lipinski definition) is 1. The molecule has 33 heavy (non-hydrogen) atoms. The number of pyridine rings is 1. The van der Waals surface area contributed by atoms with Gasteiger partial charge in [0.25, 0.3) is 0 Å². The average Bonchev–Trinajstić information content (AvgIpc) is 2.77. The second kappa shape index (κ2) is 8.35. The number of para-hydroxylation sites is 1. The first-order chi connectivity index (χ1) is 15.7. The third kappa shape index (κ3) is 3.75. The fraction of sp³-hybridized carbons (Fsp3) is 0.296. The monoisotopic (exact) mass is 443 g/mol. The zero-order valence-corrected chi connectivity index (χ0v) is 19.4. The number of ether oxygens (including phenoxy) is 1. The first-order valence-corrected chi connectivity index (χ1v) is 11.0. The highest BCUT2D eigenvalue weighted by molar-refractivity contribution is 5.98. The average molecular weight is 444 g/mol. The highest BCUT2D eigenvalue weighted by Crippen LogP contribution is 2.54. The SMILES string of the molecule is CC(=O)N1c2ccccc2C(C)(c2ccc(OCc3ccncc3)cc2)C(C(N)=O)C1(C)C. The van der Waals surface area contributed by atoms with Gasteiger partial charge in [-0.3, -0.25) is 14.6 Å². The van der Waals surface area contributed by atoms with E-state index in [1.165, 1.54) is 6.92 Å². The number of aromatic nitrogens is 1. The number of hydrogen-bond acceptors (Lipinski definition) is 4. The number of carbonyl (C=O) groups excluding carboxylic acids is 2. The van der Waals surface area contributed by atoms with Gasteiger partial charge in [-0.25, -0.2) is 0 Å². The van der Waals surface area contributed by atoms with E-state index in [1.807, 2.05) is 81.4 Å². The minimum atomic E-state index is -0.822. The van der Waals surface area contributed by atoms with Gasteiger partial charge in [0.05, 0.1) is 11.5 Å². The van der Waals surface area contributed by atoms with Crippen LogP contribution < -0.4 is 15.4 Å². The summed E-state index contributed by atoms with van der Waals surface area (Å²) in [6, 6.07) is 19.3. The van der Waals surface area contributed by atoms with Crippen LogP contribution in [0.3, 0.4) is 0 Å². The molecule has 1 aliphatic rings. The Morgan fingerprint density at radius 2 is 1.64 bits per heavy atom. The number of carbonyl (C=O) groups is 2. The number of nitrogens with zero attached hydrogens (tertiary/aromatic N) is 2. The van der Waals surface area contributed by atoms with Crippen molar-refractivity contribution < 1.29 is 14.3 Å². The minimum absolute atomic E-state index is 0.124. The van der Waals surface area contributed by atoms with E-state index >= 15 is 0 Å². The molecule has 2 amide bonds. The van der Waals surface area contributed by atoms with Crippen molar-refractivity contribution in [1.82, 2.24) is 4.98 Å². The van der Waals surface area contributed by atoms with E-state index < -0.39 is 22.8 Å². The van der Waals surface area contributed by atoms with Crippen molar-refractivity contribution >= 4 is 17.5 Å². The highest BCUT2D eigenvalue weighted by Gasteiger charge is 2.57. The van der Waals surface area contributed by atoms with Crippen LogP contribution >= 0.6 is 0 Å². The lowest BCUT2D eigenvalue weighted by Crippen LogP contribution is -2.65. The van der Waals surface area contributed by atoms with Gasteiger partial charge in [0.2, 0.25) is 11.8 Å². The Labute approximate surface area is 194 Å². The summed E-state index contributed by atoms with van der Waals surface area (Å²) in [5, 5.41) is 0. The molecule has 0 spiro atoms. The molecule has 2 unspecified atom stereocenters. The molecule has 6 heteroatoms. The minimum Gasteiger partial charge on any atom is -0.489 e. The number of rotatable bonds is 5. The van der Waals surface area contributed by atoms with Gasteiger partial charge in [-0.05, 0) is 60.9 Å². The van der Waals surface area contributed by atoms with Crippen molar-refractivity contribution in [1.29, 1.82) is 0 Å². The van der Waals surface area contributed by atoms with Gasteiger partial charge in [0, 0.05) is 30.4 Å². The lowest BCUT2D eigenvalue weighted by atomic mass is 9.57. The molecule has 2 atom stereocenters. The van der Waals surface area contributed by atoms with Crippen LogP contribution in [0.4, 0.5) is 5.69 Å². The lowest BCUT2D eigenvalue weighted by Gasteiger charge is -2.55. The largest absolute Gasteiger partial charge is 0.489 e. The topological polar surface area (TPSA) is 85.5 Å². The molecule has 0 radical (unpaired) electrons. The predicted molar refractivity (Wildman–Crippen MR) is 128 cm³/mol. The maximum absolute atomic E-state index is 12.9. The third-order valence-corrected chi connectivity index (χ3v) is 6.77. The van der Waals surface area contributed by atoms with Crippen molar-refractivity contribution in [2.75, 3.05) is 4.90 Å². The van der Waals surface area contributed by atoms with Gasteiger partial charge >= 0.3 is 0 Å². The van der Waals surface area contributed by atoms with Crippen LogP contribution in [0.2, 0.25) is 0 Å². The fourth-order valence-corrected chi connectivity index (χ4v) is 5.48. The fourth-order valence-electron chi connectivity index (χ4n) is 5.48. The van der Waals surface area contributed by atoms with Crippen LogP contribution in [-0.2, 0) is 21.6 Å². The second-order valence-electron chi connectivity index (χ2n) is 9.23. The van der Waals surface area contributed by atoms with Crippen molar-refractivity contribution in [3.05, 3.63) is 89.7 Å². The number of benzene rings is 2. The summed E-state index contributed by atoms with van der Waals surface area (Å²) in [5.74, 6) is -0.488. The van der Waals surface area contributed by atoms with Gasteiger partial charge in [0.1, 0.15) is 12.4 Å². The molecule has 4 rings (SSSR count). The molecular weight excluding hydrogens is 414 g/mol. The summed E-state index contributed by atoms with van der Waals surface area (Å²) < 4.78 is 5.93.